The van der Waals surface area contributed by atoms with Crippen LogP contribution >= 0.6 is 0 Å². The third-order valence-corrected chi connectivity index (χ3v) is 6.90. The summed E-state index contributed by atoms with van der Waals surface area (Å²) in [6.45, 7) is 3.15. The quantitative estimate of drug-likeness (QED) is 0.731. The summed E-state index contributed by atoms with van der Waals surface area (Å²) in [6.07, 6.45) is 4.38. The fraction of sp³-hybridized carbons (Fsp3) is 0.435. The fourth-order valence-electron chi connectivity index (χ4n) is 3.79. The van der Waals surface area contributed by atoms with Gasteiger partial charge in [-0.1, -0.05) is 49.2 Å². The third kappa shape index (κ3) is 5.61. The molecule has 7 heteroatoms. The summed E-state index contributed by atoms with van der Waals surface area (Å²) >= 11 is 0. The molecule has 1 amide bonds. The molecule has 0 aliphatic carbocycles. The molecule has 162 valence electrons. The topological polar surface area (TPSA) is 75.7 Å². The maximum Gasteiger partial charge on any atom is 0.244 e. The summed E-state index contributed by atoms with van der Waals surface area (Å²) < 4.78 is 34.5. The van der Waals surface area contributed by atoms with Gasteiger partial charge in [-0.05, 0) is 49.4 Å². The van der Waals surface area contributed by atoms with Gasteiger partial charge in [0, 0.05) is 13.1 Å². The first-order chi connectivity index (χ1) is 14.4. The maximum atomic E-state index is 13.4. The van der Waals surface area contributed by atoms with Gasteiger partial charge in [-0.2, -0.15) is 4.72 Å². The lowest BCUT2D eigenvalue weighted by Gasteiger charge is -2.27. The molecular formula is C23H30N2O4S. The number of benzene rings is 2. The minimum atomic E-state index is -3.96. The van der Waals surface area contributed by atoms with E-state index in [1.165, 1.54) is 7.11 Å². The standard InChI is InChI=1S/C23H30N2O4S/c1-18-12-13-21(29-2)22(16-18)30(27,28)24-20(17-19-10-6-5-7-11-19)23(26)25-14-8-3-4-9-15-25/h5-7,10-13,16,20,24H,3-4,8-9,14-15,17H2,1-2H3/t20-/m1/s1. The van der Waals surface area contributed by atoms with Crippen LogP contribution in [0.15, 0.2) is 53.4 Å². The van der Waals surface area contributed by atoms with Gasteiger partial charge in [0.1, 0.15) is 16.7 Å². The van der Waals surface area contributed by atoms with Crippen LogP contribution in [0, 0.1) is 6.92 Å². The zero-order chi connectivity index (χ0) is 21.6. The predicted octanol–water partition coefficient (Wildman–Crippen LogP) is 3.30. The first-order valence-corrected chi connectivity index (χ1v) is 11.9. The van der Waals surface area contributed by atoms with Gasteiger partial charge in [0.15, 0.2) is 0 Å². The molecule has 2 aromatic carbocycles. The van der Waals surface area contributed by atoms with E-state index in [1.807, 2.05) is 37.3 Å². The van der Waals surface area contributed by atoms with Crippen LogP contribution in [0.1, 0.15) is 36.8 Å². The van der Waals surface area contributed by atoms with Crippen LogP contribution in [-0.2, 0) is 21.2 Å². The highest BCUT2D eigenvalue weighted by Gasteiger charge is 2.31. The Labute approximate surface area is 179 Å². The molecule has 1 saturated heterocycles. The molecule has 0 bridgehead atoms. The number of hydrogen-bond acceptors (Lipinski definition) is 4. The number of nitrogens with zero attached hydrogens (tertiary/aromatic N) is 1. The molecule has 1 fully saturated rings. The van der Waals surface area contributed by atoms with Crippen molar-refractivity contribution in [2.75, 3.05) is 20.2 Å². The first-order valence-electron chi connectivity index (χ1n) is 10.4. The van der Waals surface area contributed by atoms with Crippen molar-refractivity contribution < 1.29 is 17.9 Å². The van der Waals surface area contributed by atoms with Crippen LogP contribution in [0.5, 0.6) is 5.75 Å². The van der Waals surface area contributed by atoms with E-state index in [4.69, 9.17) is 4.74 Å². The van der Waals surface area contributed by atoms with Crippen molar-refractivity contribution in [2.45, 2.75) is 50.0 Å². The highest BCUT2D eigenvalue weighted by atomic mass is 32.2. The van der Waals surface area contributed by atoms with Crippen molar-refractivity contribution in [3.8, 4) is 5.75 Å². The van der Waals surface area contributed by atoms with Gasteiger partial charge in [-0.25, -0.2) is 8.42 Å². The summed E-state index contributed by atoms with van der Waals surface area (Å²) in [6, 6.07) is 13.6. The second-order valence-electron chi connectivity index (χ2n) is 7.76. The Morgan fingerprint density at radius 1 is 1.07 bits per heavy atom. The van der Waals surface area contributed by atoms with Crippen LogP contribution in [0.2, 0.25) is 0 Å². The Balaban J connectivity index is 1.91. The zero-order valence-electron chi connectivity index (χ0n) is 17.6. The van der Waals surface area contributed by atoms with Crippen molar-refractivity contribution in [3.05, 3.63) is 59.7 Å². The van der Waals surface area contributed by atoms with Crippen LogP contribution in [0.25, 0.3) is 0 Å². The van der Waals surface area contributed by atoms with Gasteiger partial charge in [0.2, 0.25) is 15.9 Å². The van der Waals surface area contributed by atoms with Crippen LogP contribution in [0.3, 0.4) is 0 Å². The molecule has 2 aromatic rings. The van der Waals surface area contributed by atoms with E-state index >= 15 is 0 Å². The number of rotatable bonds is 7. The van der Waals surface area contributed by atoms with E-state index in [0.717, 1.165) is 36.8 Å². The lowest BCUT2D eigenvalue weighted by Crippen LogP contribution is -2.50. The number of carbonyl (C=O) groups excluding carboxylic acids is 1. The molecule has 0 saturated carbocycles. The second kappa shape index (κ2) is 10.1. The minimum Gasteiger partial charge on any atom is -0.495 e. The number of nitrogens with one attached hydrogen (secondary N) is 1. The molecular weight excluding hydrogens is 400 g/mol. The molecule has 1 heterocycles. The van der Waals surface area contributed by atoms with Crippen LogP contribution in [-0.4, -0.2) is 45.5 Å². The summed E-state index contributed by atoms with van der Waals surface area (Å²) in [4.78, 5) is 15.2. The van der Waals surface area contributed by atoms with Gasteiger partial charge in [-0.3, -0.25) is 4.79 Å². The van der Waals surface area contributed by atoms with Gasteiger partial charge >= 0.3 is 0 Å². The number of methoxy groups -OCH3 is 1. The number of hydrogen-bond donors (Lipinski definition) is 1. The van der Waals surface area contributed by atoms with E-state index < -0.39 is 16.1 Å². The number of likely N-dealkylation sites (tertiary alicyclic amines) is 1. The van der Waals surface area contributed by atoms with Crippen molar-refractivity contribution in [2.24, 2.45) is 0 Å². The summed E-state index contributed by atoms with van der Waals surface area (Å²) in [5.41, 5.74) is 1.71. The number of aryl methyl sites for hydroxylation is 1. The van der Waals surface area contributed by atoms with Crippen molar-refractivity contribution in [1.82, 2.24) is 9.62 Å². The molecule has 1 atom stereocenters. The Bertz CT molecular complexity index is 952. The average molecular weight is 431 g/mol. The summed E-state index contributed by atoms with van der Waals surface area (Å²) in [5, 5.41) is 0. The van der Waals surface area contributed by atoms with E-state index in [1.54, 1.807) is 23.1 Å². The average Bonchev–Trinajstić information content (AvgIpc) is 3.03. The largest absolute Gasteiger partial charge is 0.495 e. The van der Waals surface area contributed by atoms with E-state index in [2.05, 4.69) is 4.72 Å². The van der Waals surface area contributed by atoms with Crippen molar-refractivity contribution >= 4 is 15.9 Å². The van der Waals surface area contributed by atoms with Gasteiger partial charge in [0.25, 0.3) is 0 Å². The molecule has 1 aliphatic rings. The lowest BCUT2D eigenvalue weighted by atomic mass is 10.1. The molecule has 0 aromatic heterocycles. The van der Waals surface area contributed by atoms with E-state index in [-0.39, 0.29) is 16.6 Å². The van der Waals surface area contributed by atoms with E-state index in [9.17, 15) is 13.2 Å². The van der Waals surface area contributed by atoms with Crippen molar-refractivity contribution in [3.63, 3.8) is 0 Å². The molecule has 6 nitrogen and oxygen atoms in total. The monoisotopic (exact) mass is 430 g/mol. The molecule has 3 rings (SSSR count). The maximum absolute atomic E-state index is 13.4. The van der Waals surface area contributed by atoms with Crippen LogP contribution in [0.4, 0.5) is 0 Å². The Morgan fingerprint density at radius 3 is 2.37 bits per heavy atom. The van der Waals surface area contributed by atoms with Crippen molar-refractivity contribution in [1.29, 1.82) is 0 Å². The number of sulfonamides is 1. The summed E-state index contributed by atoms with van der Waals surface area (Å²) in [7, 11) is -2.52. The Hall–Kier alpha value is -2.38. The Kier molecular flexibility index (Phi) is 7.50. The van der Waals surface area contributed by atoms with Crippen LogP contribution < -0.4 is 9.46 Å². The molecule has 0 radical (unpaired) electrons. The molecule has 1 N–H and O–H groups in total. The number of amides is 1. The number of ether oxygens (including phenoxy) is 1. The fourth-order valence-corrected chi connectivity index (χ4v) is 5.23. The molecule has 0 spiro atoms. The minimum absolute atomic E-state index is 0.0479. The van der Waals surface area contributed by atoms with Gasteiger partial charge in [0.05, 0.1) is 7.11 Å². The first kappa shape index (κ1) is 22.3. The van der Waals surface area contributed by atoms with Gasteiger partial charge in [-0.15, -0.1) is 0 Å². The van der Waals surface area contributed by atoms with Gasteiger partial charge < -0.3 is 9.64 Å². The highest BCUT2D eigenvalue weighted by molar-refractivity contribution is 7.89. The second-order valence-corrected chi connectivity index (χ2v) is 9.44. The smallest absolute Gasteiger partial charge is 0.244 e. The highest BCUT2D eigenvalue weighted by Crippen LogP contribution is 2.25. The molecule has 1 aliphatic heterocycles. The Morgan fingerprint density at radius 2 is 1.73 bits per heavy atom. The zero-order valence-corrected chi connectivity index (χ0v) is 18.5. The predicted molar refractivity (Wildman–Crippen MR) is 117 cm³/mol. The molecule has 0 unspecified atom stereocenters. The SMILES string of the molecule is COc1ccc(C)cc1S(=O)(=O)N[C@H](Cc1ccccc1)C(=O)N1CCCCCC1. The third-order valence-electron chi connectivity index (χ3n) is 5.40. The number of carbonyl (C=O) groups is 1. The normalized spacial score (nSPS) is 16.0. The molecule has 30 heavy (non-hydrogen) atoms. The van der Waals surface area contributed by atoms with E-state index in [0.29, 0.717) is 19.5 Å². The lowest BCUT2D eigenvalue weighted by molar-refractivity contribution is -0.132. The summed E-state index contributed by atoms with van der Waals surface area (Å²) in [5.74, 6) is 0.0877.